The number of nitrogens with zero attached hydrogens (tertiary/aromatic N) is 2. The number of aliphatic imine (C=N–C) groups is 1. The molecule has 1 aromatic carbocycles. The molecular weight excluding hydrogens is 401 g/mol. The fourth-order valence-electron chi connectivity index (χ4n) is 3.95. The zero-order valence-corrected chi connectivity index (χ0v) is 18.0. The molecule has 0 amide bonds. The molecule has 5 nitrogen and oxygen atoms in total. The summed E-state index contributed by atoms with van der Waals surface area (Å²) in [5.41, 5.74) is 4.29. The van der Waals surface area contributed by atoms with Crippen LogP contribution in [0.25, 0.3) is 11.1 Å². The lowest BCUT2D eigenvalue weighted by molar-refractivity contribution is 0.583. The maximum Gasteiger partial charge on any atom is 0.250 e. The highest BCUT2D eigenvalue weighted by molar-refractivity contribution is 7.89. The molecule has 1 aliphatic carbocycles. The van der Waals surface area contributed by atoms with Gasteiger partial charge >= 0.3 is 0 Å². The van der Waals surface area contributed by atoms with Gasteiger partial charge in [-0.2, -0.15) is 0 Å². The van der Waals surface area contributed by atoms with Crippen LogP contribution >= 0.6 is 0 Å². The first-order valence-corrected chi connectivity index (χ1v) is 11.2. The predicted octanol–water partition coefficient (Wildman–Crippen LogP) is 3.98. The third-order valence-electron chi connectivity index (χ3n) is 5.50. The van der Waals surface area contributed by atoms with E-state index in [0.29, 0.717) is 17.9 Å². The van der Waals surface area contributed by atoms with E-state index in [1.54, 1.807) is 23.8 Å². The van der Waals surface area contributed by atoms with Gasteiger partial charge in [-0.25, -0.2) is 4.39 Å². The maximum atomic E-state index is 13.6. The van der Waals surface area contributed by atoms with Crippen LogP contribution in [-0.2, 0) is 18.4 Å². The second kappa shape index (κ2) is 8.34. The van der Waals surface area contributed by atoms with Crippen molar-refractivity contribution in [3.63, 3.8) is 0 Å². The molecule has 1 aliphatic heterocycles. The number of allylic oxidation sites excluding steroid dienone is 4. The average molecular weight is 426 g/mol. The van der Waals surface area contributed by atoms with Gasteiger partial charge in [0.1, 0.15) is 5.83 Å². The van der Waals surface area contributed by atoms with Crippen LogP contribution in [0.15, 0.2) is 69.2 Å². The SMILES string of the molecule is CCN[S+]([O-])c1ccc2c(c1)-c1cn(C)c(=O)cc1[C@H](C)N=C2C1C=CC(F)=CC1. The van der Waals surface area contributed by atoms with E-state index >= 15 is 0 Å². The lowest BCUT2D eigenvalue weighted by Gasteiger charge is -2.19. The van der Waals surface area contributed by atoms with Gasteiger partial charge in [0.2, 0.25) is 0 Å². The van der Waals surface area contributed by atoms with Gasteiger partial charge in [-0.3, -0.25) is 9.79 Å². The topological polar surface area (TPSA) is 69.4 Å². The molecule has 0 saturated carbocycles. The second-order valence-electron chi connectivity index (χ2n) is 7.55. The monoisotopic (exact) mass is 425 g/mol. The van der Waals surface area contributed by atoms with Crippen LogP contribution in [0.5, 0.6) is 0 Å². The highest BCUT2D eigenvalue weighted by atomic mass is 32.2. The molecule has 1 aromatic heterocycles. The highest BCUT2D eigenvalue weighted by Crippen LogP contribution is 2.39. The number of aryl methyl sites for hydroxylation is 1. The fourth-order valence-corrected chi connectivity index (χ4v) is 4.80. The van der Waals surface area contributed by atoms with Gasteiger partial charge in [-0.05, 0) is 55.7 Å². The quantitative estimate of drug-likeness (QED) is 0.754. The van der Waals surface area contributed by atoms with Crippen LogP contribution in [0.2, 0.25) is 0 Å². The first-order valence-electron chi connectivity index (χ1n) is 10.0. The maximum absolute atomic E-state index is 13.6. The number of halogens is 1. The zero-order valence-electron chi connectivity index (χ0n) is 17.2. The third-order valence-corrected chi connectivity index (χ3v) is 6.73. The van der Waals surface area contributed by atoms with Crippen molar-refractivity contribution < 1.29 is 8.94 Å². The number of aromatic nitrogens is 1. The molecule has 0 spiro atoms. The molecule has 3 atom stereocenters. The van der Waals surface area contributed by atoms with Crippen LogP contribution in [-0.4, -0.2) is 21.4 Å². The fraction of sp³-hybridized carbons (Fsp3) is 0.304. The number of fused-ring (bicyclic) bond motifs is 3. The molecule has 0 saturated heterocycles. The minimum Gasteiger partial charge on any atom is -0.593 e. The van der Waals surface area contributed by atoms with E-state index in [0.717, 1.165) is 28.0 Å². The Morgan fingerprint density at radius 2 is 2.10 bits per heavy atom. The van der Waals surface area contributed by atoms with Gasteiger partial charge in [0.15, 0.2) is 4.90 Å². The molecule has 4 rings (SSSR count). The van der Waals surface area contributed by atoms with E-state index in [1.165, 1.54) is 6.08 Å². The van der Waals surface area contributed by atoms with Crippen molar-refractivity contribution in [3.8, 4) is 11.1 Å². The molecule has 1 N–H and O–H groups in total. The van der Waals surface area contributed by atoms with Gasteiger partial charge in [-0.15, -0.1) is 4.72 Å². The summed E-state index contributed by atoms with van der Waals surface area (Å²) < 4.78 is 30.6. The van der Waals surface area contributed by atoms with Gasteiger partial charge in [-0.1, -0.05) is 6.08 Å². The van der Waals surface area contributed by atoms with Crippen molar-refractivity contribution >= 4 is 17.1 Å². The number of hydrogen-bond acceptors (Lipinski definition) is 4. The van der Waals surface area contributed by atoms with Gasteiger partial charge < -0.3 is 9.12 Å². The van der Waals surface area contributed by atoms with E-state index < -0.39 is 11.4 Å². The van der Waals surface area contributed by atoms with Crippen LogP contribution in [0.1, 0.15) is 37.4 Å². The van der Waals surface area contributed by atoms with E-state index in [2.05, 4.69) is 4.72 Å². The summed E-state index contributed by atoms with van der Waals surface area (Å²) in [7, 11) is 1.72. The van der Waals surface area contributed by atoms with Crippen molar-refractivity contribution in [3.05, 3.63) is 76.0 Å². The third kappa shape index (κ3) is 3.80. The number of rotatable bonds is 4. The summed E-state index contributed by atoms with van der Waals surface area (Å²) in [5, 5.41) is 0. The Balaban J connectivity index is 1.93. The van der Waals surface area contributed by atoms with E-state index in [1.807, 2.05) is 44.3 Å². The number of pyridine rings is 1. The van der Waals surface area contributed by atoms with Crippen LogP contribution in [0.4, 0.5) is 4.39 Å². The van der Waals surface area contributed by atoms with Gasteiger partial charge in [0.25, 0.3) is 5.56 Å². The van der Waals surface area contributed by atoms with Gasteiger partial charge in [0, 0.05) is 49.0 Å². The zero-order chi connectivity index (χ0) is 21.4. The molecule has 30 heavy (non-hydrogen) atoms. The average Bonchev–Trinajstić information content (AvgIpc) is 2.84. The molecule has 2 heterocycles. The minimum absolute atomic E-state index is 0.0643. The molecule has 0 bridgehead atoms. The molecule has 156 valence electrons. The molecule has 2 unspecified atom stereocenters. The number of hydrogen-bond donors (Lipinski definition) is 1. The molecule has 7 heteroatoms. The second-order valence-corrected chi connectivity index (χ2v) is 8.84. The lowest BCUT2D eigenvalue weighted by atomic mass is 9.87. The summed E-state index contributed by atoms with van der Waals surface area (Å²) in [4.78, 5) is 18.0. The lowest BCUT2D eigenvalue weighted by Crippen LogP contribution is -2.23. The van der Waals surface area contributed by atoms with Crippen LogP contribution in [0.3, 0.4) is 0 Å². The summed E-state index contributed by atoms with van der Waals surface area (Å²) in [6.45, 7) is 4.45. The molecule has 0 fully saturated rings. The predicted molar refractivity (Wildman–Crippen MR) is 119 cm³/mol. The minimum atomic E-state index is -1.33. The molecule has 0 radical (unpaired) electrons. The normalized spacial score (nSPS) is 21.2. The van der Waals surface area contributed by atoms with Crippen molar-refractivity contribution in [1.29, 1.82) is 0 Å². The Bertz CT molecular complexity index is 1140. The van der Waals surface area contributed by atoms with Gasteiger partial charge in [0.05, 0.1) is 23.1 Å². The first kappa shape index (κ1) is 20.8. The summed E-state index contributed by atoms with van der Waals surface area (Å²) in [6, 6.07) is 7.08. The number of benzene rings is 1. The Morgan fingerprint density at radius 1 is 1.30 bits per heavy atom. The Hall–Kier alpha value is -2.48. The molecule has 2 aliphatic rings. The van der Waals surface area contributed by atoms with Crippen molar-refractivity contribution in [2.75, 3.05) is 6.54 Å². The van der Waals surface area contributed by atoms with Crippen molar-refractivity contribution in [1.82, 2.24) is 9.29 Å². The van der Waals surface area contributed by atoms with Crippen molar-refractivity contribution in [2.24, 2.45) is 18.0 Å². The smallest absolute Gasteiger partial charge is 0.250 e. The van der Waals surface area contributed by atoms with E-state index in [4.69, 9.17) is 4.99 Å². The largest absolute Gasteiger partial charge is 0.593 e. The Labute approximate surface area is 178 Å². The van der Waals surface area contributed by atoms with Crippen LogP contribution < -0.4 is 10.3 Å². The first-order chi connectivity index (χ1) is 14.4. The summed E-state index contributed by atoms with van der Waals surface area (Å²) >= 11 is -1.33. The van der Waals surface area contributed by atoms with Crippen LogP contribution in [0, 0.1) is 5.92 Å². The molecule has 2 aromatic rings. The standard InChI is InChI=1S/C23H24FN3O2S/c1-4-25-30(29)17-9-10-18-20(11-17)21-13-27(3)22(28)12-19(21)14(2)26-23(18)15-5-7-16(24)8-6-15/h5,7-15,25H,4,6H2,1-3H3/t14-,15?,30?/m0/s1. The van der Waals surface area contributed by atoms with E-state index in [9.17, 15) is 13.7 Å². The Kier molecular flexibility index (Phi) is 5.77. The van der Waals surface area contributed by atoms with Crippen molar-refractivity contribution in [2.45, 2.75) is 31.2 Å². The summed E-state index contributed by atoms with van der Waals surface area (Å²) in [5.74, 6) is -0.304. The Morgan fingerprint density at radius 3 is 2.80 bits per heavy atom. The van der Waals surface area contributed by atoms with E-state index in [-0.39, 0.29) is 23.3 Å². The highest BCUT2D eigenvalue weighted by Gasteiger charge is 2.28. The number of nitrogens with one attached hydrogen (secondary N) is 1. The molecular formula is C23H24FN3O2S. The summed E-state index contributed by atoms with van der Waals surface area (Å²) in [6.07, 6.45) is 7.23.